The Morgan fingerprint density at radius 2 is 0.667 bits per heavy atom. The van der Waals surface area contributed by atoms with E-state index in [4.69, 9.17) is 0 Å². The van der Waals surface area contributed by atoms with E-state index in [9.17, 15) is 0 Å². The molecule has 2 heterocycles. The van der Waals surface area contributed by atoms with Crippen molar-refractivity contribution in [2.75, 3.05) is 0 Å². The molecule has 0 aliphatic carbocycles. The van der Waals surface area contributed by atoms with E-state index in [1.54, 1.807) is 0 Å². The summed E-state index contributed by atoms with van der Waals surface area (Å²) in [6.45, 7) is 0. The number of hydrogen-bond donors (Lipinski definition) is 0. The van der Waals surface area contributed by atoms with E-state index in [2.05, 4.69) is 179 Å². The molecule has 0 aliphatic heterocycles. The lowest BCUT2D eigenvalue weighted by molar-refractivity contribution is 1.18. The molecular weight excluding hydrogens is 617 g/mol. The molecule has 238 valence electrons. The molecule has 0 aliphatic rings. The molecule has 51 heavy (non-hydrogen) atoms. The van der Waals surface area contributed by atoms with Crippen molar-refractivity contribution in [3.8, 4) is 50.3 Å². The second-order valence-corrected chi connectivity index (χ2v) is 13.1. The van der Waals surface area contributed by atoms with Crippen molar-refractivity contribution < 1.29 is 0 Å². The molecule has 2 aromatic heterocycles. The van der Waals surface area contributed by atoms with Gasteiger partial charge in [-0.15, -0.1) is 0 Å². The highest BCUT2D eigenvalue weighted by atomic mass is 15.0. The van der Waals surface area contributed by atoms with Gasteiger partial charge in [-0.25, -0.2) is 0 Å². The van der Waals surface area contributed by atoms with Crippen LogP contribution < -0.4 is 0 Å². The van der Waals surface area contributed by atoms with Crippen LogP contribution in [-0.2, 0) is 0 Å². The zero-order chi connectivity index (χ0) is 33.7. The molecule has 0 atom stereocenters. The number of para-hydroxylation sites is 2. The first kappa shape index (κ1) is 29.2. The van der Waals surface area contributed by atoms with Crippen molar-refractivity contribution in [1.82, 2.24) is 9.55 Å². The van der Waals surface area contributed by atoms with Gasteiger partial charge in [-0.2, -0.15) is 0 Å². The van der Waals surface area contributed by atoms with Gasteiger partial charge in [-0.3, -0.25) is 4.98 Å². The normalized spacial score (nSPS) is 11.5. The largest absolute Gasteiger partial charge is 0.309 e. The average Bonchev–Trinajstić information content (AvgIpc) is 3.55. The number of fused-ring (bicyclic) bond motifs is 5. The Morgan fingerprint density at radius 1 is 0.294 bits per heavy atom. The van der Waals surface area contributed by atoms with Gasteiger partial charge < -0.3 is 4.57 Å². The van der Waals surface area contributed by atoms with Gasteiger partial charge in [0.1, 0.15) is 0 Å². The lowest BCUT2D eigenvalue weighted by atomic mass is 9.85. The number of nitrogens with zero attached hydrogens (tertiary/aromatic N) is 2. The summed E-state index contributed by atoms with van der Waals surface area (Å²) >= 11 is 0. The topological polar surface area (TPSA) is 17.8 Å². The van der Waals surface area contributed by atoms with Gasteiger partial charge in [0.15, 0.2) is 0 Å². The predicted molar refractivity (Wildman–Crippen MR) is 215 cm³/mol. The van der Waals surface area contributed by atoms with Gasteiger partial charge in [0.2, 0.25) is 0 Å². The molecule has 10 rings (SSSR count). The van der Waals surface area contributed by atoms with E-state index in [1.165, 1.54) is 76.7 Å². The Morgan fingerprint density at radius 3 is 1.12 bits per heavy atom. The van der Waals surface area contributed by atoms with Crippen molar-refractivity contribution in [1.29, 1.82) is 0 Å². The van der Waals surface area contributed by atoms with Gasteiger partial charge in [0.25, 0.3) is 0 Å². The average molecular weight is 649 g/mol. The zero-order valence-corrected chi connectivity index (χ0v) is 27.9. The van der Waals surface area contributed by atoms with Crippen LogP contribution >= 0.6 is 0 Å². The molecule has 10 aromatic rings. The predicted octanol–water partition coefficient (Wildman–Crippen LogP) is 13.2. The van der Waals surface area contributed by atoms with Gasteiger partial charge >= 0.3 is 0 Å². The molecule has 0 saturated heterocycles. The summed E-state index contributed by atoms with van der Waals surface area (Å²) in [5.74, 6) is 0. The maximum absolute atomic E-state index is 4.50. The zero-order valence-electron chi connectivity index (χ0n) is 27.9. The quantitative estimate of drug-likeness (QED) is 0.170. The molecule has 8 aromatic carbocycles. The summed E-state index contributed by atoms with van der Waals surface area (Å²) in [5.41, 5.74) is 13.1. The first-order valence-corrected chi connectivity index (χ1v) is 17.5. The number of benzene rings is 8. The van der Waals surface area contributed by atoms with Crippen LogP contribution in [0.4, 0.5) is 0 Å². The van der Waals surface area contributed by atoms with E-state index in [0.29, 0.717) is 0 Å². The summed E-state index contributed by atoms with van der Waals surface area (Å²) in [4.78, 5) is 4.50. The number of hydrogen-bond acceptors (Lipinski definition) is 1. The Bertz CT molecular complexity index is 2750. The highest BCUT2D eigenvalue weighted by Gasteiger charge is 2.17. The highest BCUT2D eigenvalue weighted by Crippen LogP contribution is 2.44. The molecule has 0 radical (unpaired) electrons. The van der Waals surface area contributed by atoms with Crippen molar-refractivity contribution >= 4 is 43.4 Å². The van der Waals surface area contributed by atoms with Gasteiger partial charge in [-0.05, 0) is 91.3 Å². The maximum atomic E-state index is 4.50. The van der Waals surface area contributed by atoms with Crippen LogP contribution in [0.25, 0.3) is 93.7 Å². The van der Waals surface area contributed by atoms with Crippen molar-refractivity contribution in [3.63, 3.8) is 0 Å². The van der Waals surface area contributed by atoms with Gasteiger partial charge in [-0.1, -0.05) is 152 Å². The van der Waals surface area contributed by atoms with Gasteiger partial charge in [0.05, 0.1) is 16.7 Å². The first-order valence-electron chi connectivity index (χ1n) is 17.5. The summed E-state index contributed by atoms with van der Waals surface area (Å²) in [6, 6.07) is 68.0. The molecule has 0 saturated carbocycles. The van der Waals surface area contributed by atoms with Crippen molar-refractivity contribution in [2.24, 2.45) is 0 Å². The lowest BCUT2D eigenvalue weighted by Gasteiger charge is -2.18. The number of aromatic nitrogens is 2. The first-order chi connectivity index (χ1) is 25.3. The molecule has 0 fully saturated rings. The van der Waals surface area contributed by atoms with Crippen LogP contribution in [0.1, 0.15) is 0 Å². The van der Waals surface area contributed by atoms with Crippen LogP contribution in [0.15, 0.2) is 194 Å². The minimum absolute atomic E-state index is 0.987. The Kier molecular flexibility index (Phi) is 6.85. The molecule has 2 nitrogen and oxygen atoms in total. The third kappa shape index (κ3) is 4.84. The van der Waals surface area contributed by atoms with E-state index < -0.39 is 0 Å². The van der Waals surface area contributed by atoms with E-state index >= 15 is 0 Å². The summed E-state index contributed by atoms with van der Waals surface area (Å²) in [7, 11) is 0. The maximum Gasteiger partial charge on any atom is 0.0701 e. The Hall–Kier alpha value is -6.77. The second kappa shape index (κ2) is 12.0. The molecular formula is C49H32N2. The highest BCUT2D eigenvalue weighted by molar-refractivity contribution is 6.21. The summed E-state index contributed by atoms with van der Waals surface area (Å²) < 4.78 is 2.38. The summed E-state index contributed by atoms with van der Waals surface area (Å²) in [5, 5.41) is 7.57. The van der Waals surface area contributed by atoms with Crippen molar-refractivity contribution in [2.45, 2.75) is 0 Å². The minimum atomic E-state index is 0.987. The molecule has 0 amide bonds. The fourth-order valence-electron chi connectivity index (χ4n) is 7.92. The third-order valence-electron chi connectivity index (χ3n) is 10.3. The van der Waals surface area contributed by atoms with E-state index in [1.807, 2.05) is 24.4 Å². The van der Waals surface area contributed by atoms with E-state index in [-0.39, 0.29) is 0 Å². The Balaban J connectivity index is 1.07. The van der Waals surface area contributed by atoms with Crippen molar-refractivity contribution in [3.05, 3.63) is 194 Å². The van der Waals surface area contributed by atoms with Crippen LogP contribution in [0, 0.1) is 0 Å². The monoisotopic (exact) mass is 648 g/mol. The molecule has 0 spiro atoms. The van der Waals surface area contributed by atoms with Crippen LogP contribution in [-0.4, -0.2) is 9.55 Å². The number of rotatable bonds is 5. The molecule has 0 bridgehead atoms. The fraction of sp³-hybridized carbons (Fsp3) is 0. The molecule has 0 N–H and O–H groups in total. The smallest absolute Gasteiger partial charge is 0.0701 e. The Labute approximate surface area is 296 Å². The third-order valence-corrected chi connectivity index (χ3v) is 10.3. The van der Waals surface area contributed by atoms with E-state index in [0.717, 1.165) is 16.9 Å². The second-order valence-electron chi connectivity index (χ2n) is 13.1. The molecule has 2 heteroatoms. The number of pyridine rings is 1. The standard InChI is InChI=1S/C49H32N2/c1-3-15-43-41(13-1)48(36-26-22-34(23-27-36)33-20-24-35(25-21-33)45-17-9-10-32-50-45)42-14-2-4-16-44(42)49(43)37-28-30-38(31-29-37)51-46-18-7-5-11-39(46)40-12-6-8-19-47(40)51/h1-32H. The van der Waals surface area contributed by atoms with Crippen LogP contribution in [0.2, 0.25) is 0 Å². The van der Waals surface area contributed by atoms with Crippen LogP contribution in [0.5, 0.6) is 0 Å². The fourth-order valence-corrected chi connectivity index (χ4v) is 7.92. The molecule has 0 unspecified atom stereocenters. The van der Waals surface area contributed by atoms with Crippen LogP contribution in [0.3, 0.4) is 0 Å². The lowest BCUT2D eigenvalue weighted by Crippen LogP contribution is -1.94. The minimum Gasteiger partial charge on any atom is -0.309 e. The SMILES string of the molecule is c1ccc(-c2ccc(-c3ccc(-c4c5ccccc5c(-c5ccc(-n6c7ccccc7c7ccccc76)cc5)c5ccccc45)cc3)cc2)nc1. The van der Waals surface area contributed by atoms with Gasteiger partial charge in [0, 0.05) is 28.2 Å². The summed E-state index contributed by atoms with van der Waals surface area (Å²) in [6.07, 6.45) is 1.84.